The summed E-state index contributed by atoms with van der Waals surface area (Å²) >= 11 is 7.78. The summed E-state index contributed by atoms with van der Waals surface area (Å²) in [5.41, 5.74) is 4.25. The lowest BCUT2D eigenvalue weighted by molar-refractivity contribution is 0.0505. The van der Waals surface area contributed by atoms with Crippen molar-refractivity contribution < 1.29 is 14.3 Å². The fourth-order valence-corrected chi connectivity index (χ4v) is 6.20. The second-order valence-electron chi connectivity index (χ2n) is 9.23. The Morgan fingerprint density at radius 2 is 1.97 bits per heavy atom. The summed E-state index contributed by atoms with van der Waals surface area (Å²) in [5, 5.41) is 4.78. The number of carbonyl (C=O) groups excluding carboxylic acids is 2. The fourth-order valence-electron chi connectivity index (χ4n) is 4.63. The minimum absolute atomic E-state index is 0.307. The molecule has 0 saturated heterocycles. The number of rotatable bonds is 6. The SMILES string of the molecule is CCCOC(=O)c1c(NC(=O)c2cc(-c3ccccc3)nc3ccc(Cl)cc23)sc2c1CCC(C)C2. The van der Waals surface area contributed by atoms with Crippen LogP contribution in [0, 0.1) is 5.92 Å². The van der Waals surface area contributed by atoms with E-state index >= 15 is 0 Å². The third-order valence-electron chi connectivity index (χ3n) is 6.47. The average molecular weight is 519 g/mol. The quantitative estimate of drug-likeness (QED) is 0.267. The van der Waals surface area contributed by atoms with Crippen molar-refractivity contribution in [3.05, 3.63) is 81.2 Å². The molecule has 1 aliphatic carbocycles. The molecule has 5 nitrogen and oxygen atoms in total. The van der Waals surface area contributed by atoms with Crippen molar-refractivity contribution in [2.45, 2.75) is 39.5 Å². The van der Waals surface area contributed by atoms with E-state index < -0.39 is 0 Å². The Morgan fingerprint density at radius 1 is 1.17 bits per heavy atom. The van der Waals surface area contributed by atoms with E-state index in [2.05, 4.69) is 12.2 Å². The first-order chi connectivity index (χ1) is 17.4. The molecule has 1 aliphatic rings. The van der Waals surface area contributed by atoms with Gasteiger partial charge in [-0.3, -0.25) is 4.79 Å². The molecular weight excluding hydrogens is 492 g/mol. The molecule has 1 amide bonds. The minimum atomic E-state index is -0.369. The molecule has 7 heteroatoms. The van der Waals surface area contributed by atoms with E-state index in [1.54, 1.807) is 18.2 Å². The van der Waals surface area contributed by atoms with Crippen molar-refractivity contribution >= 4 is 50.7 Å². The summed E-state index contributed by atoms with van der Waals surface area (Å²) in [6, 6.07) is 16.9. The number of amides is 1. The molecule has 2 aromatic heterocycles. The van der Waals surface area contributed by atoms with Gasteiger partial charge in [-0.15, -0.1) is 11.3 Å². The molecule has 0 fully saturated rings. The van der Waals surface area contributed by atoms with Crippen LogP contribution in [-0.4, -0.2) is 23.5 Å². The Labute approximate surface area is 219 Å². The van der Waals surface area contributed by atoms with Crippen LogP contribution in [0.25, 0.3) is 22.2 Å². The van der Waals surface area contributed by atoms with Crippen LogP contribution in [0.5, 0.6) is 0 Å². The second-order valence-corrected chi connectivity index (χ2v) is 10.8. The van der Waals surface area contributed by atoms with Crippen molar-refractivity contribution in [2.75, 3.05) is 11.9 Å². The molecule has 2 aromatic carbocycles. The Bertz CT molecular complexity index is 1450. The summed E-state index contributed by atoms with van der Waals surface area (Å²) < 4.78 is 5.51. The van der Waals surface area contributed by atoms with E-state index in [0.717, 1.165) is 41.7 Å². The van der Waals surface area contributed by atoms with Crippen molar-refractivity contribution in [2.24, 2.45) is 5.92 Å². The Hall–Kier alpha value is -3.22. The van der Waals surface area contributed by atoms with E-state index in [1.165, 1.54) is 11.3 Å². The number of carbonyl (C=O) groups is 2. The standard InChI is InChI=1S/C29H27ClN2O3S/c1-3-13-35-29(34)26-20-11-9-17(2)14-25(20)36-28(26)32-27(33)22-16-24(18-7-5-4-6-8-18)31-23-12-10-19(30)15-21(22)23/h4-8,10,12,15-17H,3,9,11,13-14H2,1-2H3,(H,32,33). The highest BCUT2D eigenvalue weighted by Gasteiger charge is 2.29. The number of pyridine rings is 1. The Balaban J connectivity index is 1.58. The smallest absolute Gasteiger partial charge is 0.341 e. The van der Waals surface area contributed by atoms with Crippen molar-refractivity contribution in [3.8, 4) is 11.3 Å². The lowest BCUT2D eigenvalue weighted by Gasteiger charge is -2.18. The van der Waals surface area contributed by atoms with Gasteiger partial charge in [0.1, 0.15) is 5.00 Å². The van der Waals surface area contributed by atoms with Crippen LogP contribution in [0.4, 0.5) is 5.00 Å². The molecule has 5 rings (SSSR count). The van der Waals surface area contributed by atoms with Gasteiger partial charge in [-0.1, -0.05) is 55.8 Å². The molecule has 184 valence electrons. The third kappa shape index (κ3) is 4.88. The number of halogens is 1. The van der Waals surface area contributed by atoms with E-state index in [0.29, 0.717) is 50.3 Å². The van der Waals surface area contributed by atoms with Gasteiger partial charge in [0.25, 0.3) is 5.91 Å². The molecule has 0 radical (unpaired) electrons. The molecule has 1 atom stereocenters. The van der Waals surface area contributed by atoms with Gasteiger partial charge in [0, 0.05) is 20.8 Å². The zero-order valence-corrected chi connectivity index (χ0v) is 21.8. The van der Waals surface area contributed by atoms with Crippen LogP contribution < -0.4 is 5.32 Å². The summed E-state index contributed by atoms with van der Waals surface area (Å²) in [7, 11) is 0. The highest BCUT2D eigenvalue weighted by molar-refractivity contribution is 7.17. The summed E-state index contributed by atoms with van der Waals surface area (Å²) in [6.45, 7) is 4.53. The summed E-state index contributed by atoms with van der Waals surface area (Å²) in [4.78, 5) is 32.7. The first-order valence-electron chi connectivity index (χ1n) is 12.2. The van der Waals surface area contributed by atoms with Crippen molar-refractivity contribution in [1.29, 1.82) is 0 Å². The molecule has 0 aliphatic heterocycles. The zero-order chi connectivity index (χ0) is 25.2. The van der Waals surface area contributed by atoms with Gasteiger partial charge in [0.2, 0.25) is 0 Å². The fraction of sp³-hybridized carbons (Fsp3) is 0.276. The number of aromatic nitrogens is 1. The largest absolute Gasteiger partial charge is 0.462 e. The lowest BCUT2D eigenvalue weighted by atomic mass is 9.88. The number of hydrogen-bond acceptors (Lipinski definition) is 5. The van der Waals surface area contributed by atoms with Crippen molar-refractivity contribution in [3.63, 3.8) is 0 Å². The molecule has 1 N–H and O–H groups in total. The predicted octanol–water partition coefficient (Wildman–Crippen LogP) is 7.56. The van der Waals surface area contributed by atoms with E-state index in [-0.39, 0.29) is 11.9 Å². The molecule has 0 spiro atoms. The molecule has 36 heavy (non-hydrogen) atoms. The Morgan fingerprint density at radius 3 is 2.75 bits per heavy atom. The zero-order valence-electron chi connectivity index (χ0n) is 20.3. The monoisotopic (exact) mass is 518 g/mol. The summed E-state index contributed by atoms with van der Waals surface area (Å²) in [6.07, 6.45) is 3.46. The maximum Gasteiger partial charge on any atom is 0.341 e. The number of esters is 1. The molecule has 0 saturated carbocycles. The molecule has 1 unspecified atom stereocenters. The number of ether oxygens (including phenoxy) is 1. The number of thiophene rings is 1. The first-order valence-corrected chi connectivity index (χ1v) is 13.4. The number of hydrogen-bond donors (Lipinski definition) is 1. The lowest BCUT2D eigenvalue weighted by Crippen LogP contribution is -2.17. The van der Waals surface area contributed by atoms with Crippen LogP contribution in [0.15, 0.2) is 54.6 Å². The maximum atomic E-state index is 13.8. The van der Waals surface area contributed by atoms with Gasteiger partial charge < -0.3 is 10.1 Å². The highest BCUT2D eigenvalue weighted by Crippen LogP contribution is 2.40. The van der Waals surface area contributed by atoms with E-state index in [9.17, 15) is 9.59 Å². The van der Waals surface area contributed by atoms with Crippen LogP contribution in [0.3, 0.4) is 0 Å². The first kappa shape index (κ1) is 24.5. The number of nitrogens with one attached hydrogen (secondary N) is 1. The maximum absolute atomic E-state index is 13.8. The topological polar surface area (TPSA) is 68.3 Å². The third-order valence-corrected chi connectivity index (χ3v) is 7.87. The van der Waals surface area contributed by atoms with Gasteiger partial charge in [-0.2, -0.15) is 0 Å². The summed E-state index contributed by atoms with van der Waals surface area (Å²) in [5.74, 6) is -0.135. The van der Waals surface area contributed by atoms with Crippen LogP contribution in [-0.2, 0) is 17.6 Å². The number of fused-ring (bicyclic) bond motifs is 2. The van der Waals surface area contributed by atoms with Gasteiger partial charge >= 0.3 is 5.97 Å². The van der Waals surface area contributed by atoms with Gasteiger partial charge in [-0.05, 0) is 61.4 Å². The second kappa shape index (κ2) is 10.4. The normalized spacial score (nSPS) is 14.9. The van der Waals surface area contributed by atoms with Crippen LogP contribution >= 0.6 is 22.9 Å². The minimum Gasteiger partial charge on any atom is -0.462 e. The van der Waals surface area contributed by atoms with Crippen LogP contribution in [0.2, 0.25) is 5.02 Å². The van der Waals surface area contributed by atoms with Gasteiger partial charge in [0.15, 0.2) is 0 Å². The molecular formula is C29H27ClN2O3S. The molecule has 0 bridgehead atoms. The van der Waals surface area contributed by atoms with Crippen LogP contribution in [0.1, 0.15) is 57.8 Å². The highest BCUT2D eigenvalue weighted by atomic mass is 35.5. The van der Waals surface area contributed by atoms with Gasteiger partial charge in [0.05, 0.1) is 28.9 Å². The Kier molecular flexibility index (Phi) is 7.08. The predicted molar refractivity (Wildman–Crippen MR) is 146 cm³/mol. The van der Waals surface area contributed by atoms with E-state index in [1.807, 2.05) is 43.3 Å². The number of benzene rings is 2. The average Bonchev–Trinajstić information content (AvgIpc) is 3.23. The number of nitrogens with zero attached hydrogens (tertiary/aromatic N) is 1. The van der Waals surface area contributed by atoms with Gasteiger partial charge in [-0.25, -0.2) is 9.78 Å². The molecule has 4 aromatic rings. The van der Waals surface area contributed by atoms with Crippen molar-refractivity contribution in [1.82, 2.24) is 4.98 Å². The number of anilines is 1. The van der Waals surface area contributed by atoms with E-state index in [4.69, 9.17) is 21.3 Å². The molecule has 2 heterocycles.